The van der Waals surface area contributed by atoms with Gasteiger partial charge in [-0.2, -0.15) is 0 Å². The number of halogens is 2. The first-order chi connectivity index (χ1) is 12.3. The van der Waals surface area contributed by atoms with Crippen molar-refractivity contribution >= 4 is 28.9 Å². The Morgan fingerprint density at radius 1 is 1.31 bits per heavy atom. The Kier molecular flexibility index (Phi) is 5.36. The predicted octanol–water partition coefficient (Wildman–Crippen LogP) is 4.34. The van der Waals surface area contributed by atoms with Gasteiger partial charge in [-0.1, -0.05) is 6.92 Å². The number of hydrogen-bond donors (Lipinski definition) is 1. The first-order valence-corrected chi connectivity index (χ1v) is 9.23. The van der Waals surface area contributed by atoms with E-state index >= 15 is 0 Å². The summed E-state index contributed by atoms with van der Waals surface area (Å²) in [5.74, 6) is -2.29. The molecule has 0 aliphatic heterocycles. The summed E-state index contributed by atoms with van der Waals surface area (Å²) in [6, 6.07) is 4.66. The molecule has 7 heteroatoms. The third-order valence-electron chi connectivity index (χ3n) is 4.37. The molecule has 0 saturated heterocycles. The van der Waals surface area contributed by atoms with Gasteiger partial charge in [-0.25, -0.2) is 13.6 Å². The van der Waals surface area contributed by atoms with Gasteiger partial charge in [0.15, 0.2) is 6.10 Å². The lowest BCUT2D eigenvalue weighted by Gasteiger charge is -2.16. The number of carbonyl (C=O) groups is 2. The highest BCUT2D eigenvalue weighted by molar-refractivity contribution is 7.14. The fourth-order valence-corrected chi connectivity index (χ4v) is 4.00. The van der Waals surface area contributed by atoms with E-state index in [0.29, 0.717) is 16.9 Å². The van der Waals surface area contributed by atoms with Gasteiger partial charge in [-0.05, 0) is 55.9 Å². The topological polar surface area (TPSA) is 55.4 Å². The van der Waals surface area contributed by atoms with Crippen molar-refractivity contribution in [2.45, 2.75) is 39.2 Å². The Hall–Kier alpha value is -2.28. The summed E-state index contributed by atoms with van der Waals surface area (Å²) in [5.41, 5.74) is 1.01. The number of ether oxygens (including phenoxy) is 1. The highest BCUT2D eigenvalue weighted by Crippen LogP contribution is 2.32. The van der Waals surface area contributed by atoms with Gasteiger partial charge in [0, 0.05) is 10.9 Å². The van der Waals surface area contributed by atoms with E-state index < -0.39 is 29.6 Å². The molecule has 1 amide bonds. The van der Waals surface area contributed by atoms with Crippen LogP contribution in [0.2, 0.25) is 0 Å². The summed E-state index contributed by atoms with van der Waals surface area (Å²) < 4.78 is 31.7. The quantitative estimate of drug-likeness (QED) is 0.805. The van der Waals surface area contributed by atoms with Gasteiger partial charge < -0.3 is 10.1 Å². The van der Waals surface area contributed by atoms with Crippen molar-refractivity contribution < 1.29 is 23.1 Å². The maximum atomic E-state index is 13.6. The molecule has 26 heavy (non-hydrogen) atoms. The molecule has 0 bridgehead atoms. The van der Waals surface area contributed by atoms with Crippen LogP contribution in [0.5, 0.6) is 0 Å². The Balaban J connectivity index is 1.62. The number of anilines is 1. The monoisotopic (exact) mass is 379 g/mol. The van der Waals surface area contributed by atoms with Gasteiger partial charge in [-0.15, -0.1) is 11.3 Å². The number of thiophene rings is 1. The maximum absolute atomic E-state index is 13.6. The number of fused-ring (bicyclic) bond motifs is 1. The van der Waals surface area contributed by atoms with Crippen LogP contribution in [0.3, 0.4) is 0 Å². The number of benzene rings is 1. The smallest absolute Gasteiger partial charge is 0.349 e. The van der Waals surface area contributed by atoms with Crippen LogP contribution in [0.25, 0.3) is 0 Å². The summed E-state index contributed by atoms with van der Waals surface area (Å²) in [7, 11) is 0. The standard InChI is InChI=1S/C19H19F2NO3S/c1-10-3-6-16-12(7-10)8-17(26-16)19(24)25-11(2)18(23)22-15-5-4-13(20)9-14(15)21/h4-5,8-11H,3,6-7H2,1-2H3,(H,22,23)/t10-,11-/m1/s1. The van der Waals surface area contributed by atoms with Crippen molar-refractivity contribution in [3.05, 3.63) is 51.2 Å². The second-order valence-corrected chi connectivity index (χ2v) is 7.70. The zero-order valence-corrected chi connectivity index (χ0v) is 15.3. The fraction of sp³-hybridized carbons (Fsp3) is 0.368. The van der Waals surface area contributed by atoms with Crippen LogP contribution in [-0.2, 0) is 22.4 Å². The molecule has 0 unspecified atom stereocenters. The molecule has 0 radical (unpaired) electrons. The average Bonchev–Trinajstić information content (AvgIpc) is 3.00. The normalized spacial score (nSPS) is 17.3. The molecule has 4 nitrogen and oxygen atoms in total. The van der Waals surface area contributed by atoms with E-state index in [1.807, 2.05) is 6.07 Å². The zero-order valence-electron chi connectivity index (χ0n) is 14.5. The number of hydrogen-bond acceptors (Lipinski definition) is 4. The second kappa shape index (κ2) is 7.53. The average molecular weight is 379 g/mol. The molecule has 1 aromatic heterocycles. The van der Waals surface area contributed by atoms with E-state index in [1.165, 1.54) is 28.7 Å². The van der Waals surface area contributed by atoms with E-state index in [2.05, 4.69) is 12.2 Å². The summed E-state index contributed by atoms with van der Waals surface area (Å²) in [6.45, 7) is 3.59. The number of esters is 1. The minimum atomic E-state index is -1.11. The Bertz CT molecular complexity index is 849. The van der Waals surface area contributed by atoms with Crippen LogP contribution < -0.4 is 5.32 Å². The van der Waals surface area contributed by atoms with Crippen molar-refractivity contribution in [3.8, 4) is 0 Å². The van der Waals surface area contributed by atoms with Crippen LogP contribution >= 0.6 is 11.3 Å². The fourth-order valence-electron chi connectivity index (χ4n) is 2.90. The Morgan fingerprint density at radius 2 is 2.08 bits per heavy atom. The molecule has 1 N–H and O–H groups in total. The molecule has 1 aromatic carbocycles. The van der Waals surface area contributed by atoms with Gasteiger partial charge in [0.1, 0.15) is 16.5 Å². The van der Waals surface area contributed by atoms with Crippen LogP contribution in [0.15, 0.2) is 24.3 Å². The SMILES string of the molecule is C[C@@H]1CCc2sc(C(=O)O[C@H](C)C(=O)Nc3ccc(F)cc3F)cc2C1. The van der Waals surface area contributed by atoms with Gasteiger partial charge in [0.05, 0.1) is 5.69 Å². The lowest BCUT2D eigenvalue weighted by atomic mass is 9.90. The number of aryl methyl sites for hydroxylation is 1. The summed E-state index contributed by atoms with van der Waals surface area (Å²) in [4.78, 5) is 26.1. The third kappa shape index (κ3) is 4.09. The van der Waals surface area contributed by atoms with Crippen LogP contribution in [0.4, 0.5) is 14.5 Å². The highest BCUT2D eigenvalue weighted by atomic mass is 32.1. The maximum Gasteiger partial charge on any atom is 0.349 e. The number of rotatable bonds is 4. The van der Waals surface area contributed by atoms with Crippen LogP contribution in [0.1, 0.15) is 40.4 Å². The van der Waals surface area contributed by atoms with Gasteiger partial charge in [0.25, 0.3) is 5.91 Å². The molecule has 2 atom stereocenters. The first kappa shape index (κ1) is 18.5. The second-order valence-electron chi connectivity index (χ2n) is 6.57. The summed E-state index contributed by atoms with van der Waals surface area (Å²) >= 11 is 1.40. The lowest BCUT2D eigenvalue weighted by Crippen LogP contribution is -2.30. The highest BCUT2D eigenvalue weighted by Gasteiger charge is 2.24. The molecule has 138 valence electrons. The molecule has 3 rings (SSSR count). The molecule has 1 aliphatic carbocycles. The number of nitrogens with one attached hydrogen (secondary N) is 1. The van der Waals surface area contributed by atoms with Gasteiger partial charge in [0.2, 0.25) is 0 Å². The van der Waals surface area contributed by atoms with Crippen molar-refractivity contribution in [2.75, 3.05) is 5.32 Å². The minimum Gasteiger partial charge on any atom is -0.448 e. The zero-order chi connectivity index (χ0) is 18.8. The van der Waals surface area contributed by atoms with E-state index in [-0.39, 0.29) is 5.69 Å². The number of carbonyl (C=O) groups excluding carboxylic acids is 2. The summed E-state index contributed by atoms with van der Waals surface area (Å²) in [5, 5.41) is 2.29. The van der Waals surface area contributed by atoms with E-state index in [0.717, 1.165) is 31.4 Å². The lowest BCUT2D eigenvalue weighted by molar-refractivity contribution is -0.123. The van der Waals surface area contributed by atoms with Crippen molar-refractivity contribution in [2.24, 2.45) is 5.92 Å². The summed E-state index contributed by atoms with van der Waals surface area (Å²) in [6.07, 6.45) is 1.89. The molecule has 1 aliphatic rings. The van der Waals surface area contributed by atoms with E-state index in [1.54, 1.807) is 0 Å². The number of amides is 1. The molecule has 0 saturated carbocycles. The largest absolute Gasteiger partial charge is 0.448 e. The Morgan fingerprint density at radius 3 is 2.81 bits per heavy atom. The molecular formula is C19H19F2NO3S. The molecule has 0 spiro atoms. The molecule has 0 fully saturated rings. The molecule has 1 heterocycles. The van der Waals surface area contributed by atoms with Gasteiger partial charge in [-0.3, -0.25) is 4.79 Å². The van der Waals surface area contributed by atoms with Crippen LogP contribution in [-0.4, -0.2) is 18.0 Å². The van der Waals surface area contributed by atoms with E-state index in [9.17, 15) is 18.4 Å². The first-order valence-electron chi connectivity index (χ1n) is 8.42. The van der Waals surface area contributed by atoms with Crippen molar-refractivity contribution in [1.29, 1.82) is 0 Å². The van der Waals surface area contributed by atoms with Crippen molar-refractivity contribution in [1.82, 2.24) is 0 Å². The third-order valence-corrected chi connectivity index (χ3v) is 5.59. The van der Waals surface area contributed by atoms with Crippen LogP contribution in [0, 0.1) is 17.6 Å². The predicted molar refractivity (Wildman–Crippen MR) is 95.4 cm³/mol. The molecular weight excluding hydrogens is 360 g/mol. The van der Waals surface area contributed by atoms with Crippen molar-refractivity contribution in [3.63, 3.8) is 0 Å². The Labute approximate surface area is 154 Å². The minimum absolute atomic E-state index is 0.167. The van der Waals surface area contributed by atoms with E-state index in [4.69, 9.17) is 4.74 Å². The molecule has 2 aromatic rings. The van der Waals surface area contributed by atoms with Gasteiger partial charge >= 0.3 is 5.97 Å².